The Labute approximate surface area is 154 Å². The van der Waals surface area contributed by atoms with E-state index in [1.807, 2.05) is 0 Å². The second-order valence-corrected chi connectivity index (χ2v) is 7.68. The molecule has 3 rings (SSSR count). The number of hydrogen-bond donors (Lipinski definition) is 3. The molecule has 0 aromatic heterocycles. The fourth-order valence-corrected chi connectivity index (χ4v) is 5.11. The first-order chi connectivity index (χ1) is 12.6. The molecule has 0 bridgehead atoms. The summed E-state index contributed by atoms with van der Waals surface area (Å²) in [6.45, 7) is -0.280. The molecule has 0 radical (unpaired) electrons. The highest BCUT2D eigenvalue weighted by molar-refractivity contribution is 5.95. The first kappa shape index (κ1) is 20.1. The summed E-state index contributed by atoms with van der Waals surface area (Å²) in [4.78, 5) is 37.3. The van der Waals surface area contributed by atoms with E-state index in [0.717, 1.165) is 12.8 Å². The molecule has 2 amide bonds. The summed E-state index contributed by atoms with van der Waals surface area (Å²) in [6, 6.07) is 0. The van der Waals surface area contributed by atoms with Crippen LogP contribution in [0.3, 0.4) is 0 Å². The molecular formula is C17H24F3N3O4. The van der Waals surface area contributed by atoms with E-state index in [1.165, 1.54) is 0 Å². The minimum atomic E-state index is -4.95. The molecule has 3 fully saturated rings. The van der Waals surface area contributed by atoms with Crippen LogP contribution in [0.25, 0.3) is 0 Å². The Balaban J connectivity index is 1.90. The molecular weight excluding hydrogens is 367 g/mol. The van der Waals surface area contributed by atoms with Crippen molar-refractivity contribution in [2.75, 3.05) is 19.7 Å². The molecule has 7 nitrogen and oxygen atoms in total. The van der Waals surface area contributed by atoms with Crippen molar-refractivity contribution in [2.24, 2.45) is 29.4 Å². The number of amides is 2. The van der Waals surface area contributed by atoms with Crippen LogP contribution in [0.4, 0.5) is 13.2 Å². The second kappa shape index (κ2) is 7.38. The number of hydrogen-bond acceptors (Lipinski definition) is 5. The highest BCUT2D eigenvalue weighted by atomic mass is 19.4. The maximum absolute atomic E-state index is 12.8. The van der Waals surface area contributed by atoms with Crippen molar-refractivity contribution in [1.82, 2.24) is 10.6 Å². The monoisotopic (exact) mass is 391 g/mol. The molecule has 1 aliphatic carbocycles. The van der Waals surface area contributed by atoms with E-state index in [1.54, 1.807) is 0 Å². The molecule has 0 aromatic rings. The van der Waals surface area contributed by atoms with Crippen molar-refractivity contribution in [3.63, 3.8) is 0 Å². The lowest BCUT2D eigenvalue weighted by Crippen LogP contribution is -2.63. The van der Waals surface area contributed by atoms with E-state index < -0.39 is 42.0 Å². The van der Waals surface area contributed by atoms with Gasteiger partial charge in [-0.1, -0.05) is 6.42 Å². The van der Waals surface area contributed by atoms with Gasteiger partial charge < -0.3 is 16.4 Å². The maximum atomic E-state index is 12.8. The molecule has 5 atom stereocenters. The molecule has 3 aliphatic rings. The van der Waals surface area contributed by atoms with E-state index in [0.29, 0.717) is 25.9 Å². The molecule has 152 valence electrons. The van der Waals surface area contributed by atoms with Gasteiger partial charge in [0.1, 0.15) is 12.1 Å². The van der Waals surface area contributed by atoms with E-state index in [4.69, 9.17) is 5.73 Å². The van der Waals surface area contributed by atoms with Crippen LogP contribution in [-0.2, 0) is 19.1 Å². The van der Waals surface area contributed by atoms with Gasteiger partial charge in [0.05, 0.1) is 0 Å². The standard InChI is InChI=1S/C17H24F3N3O4/c18-17(19,20)27-8-13(24)12(6-9-4-5-22-14(9)25)16(15(21)26)11-3-1-2-10(11)7-23-16/h9-12,23H,1-8H2,(H2,21,26)(H,22,25)/t9-,10?,11?,12-,16?/m1/s1. The summed E-state index contributed by atoms with van der Waals surface area (Å²) in [5, 5.41) is 5.73. The predicted molar refractivity (Wildman–Crippen MR) is 87.0 cm³/mol. The van der Waals surface area contributed by atoms with Crippen LogP contribution in [0, 0.1) is 23.7 Å². The third-order valence-corrected chi connectivity index (χ3v) is 6.31. The van der Waals surface area contributed by atoms with Crippen LogP contribution in [0.2, 0.25) is 0 Å². The summed E-state index contributed by atoms with van der Waals surface area (Å²) >= 11 is 0. The first-order valence-corrected chi connectivity index (χ1v) is 9.21. The maximum Gasteiger partial charge on any atom is 0.522 e. The van der Waals surface area contributed by atoms with E-state index in [-0.39, 0.29) is 24.2 Å². The van der Waals surface area contributed by atoms with E-state index >= 15 is 0 Å². The SMILES string of the molecule is NC(=O)C1([C@H](C[C@H]2CCNC2=O)C(=O)COC(F)(F)F)NCC2CCCC21. The summed E-state index contributed by atoms with van der Waals surface area (Å²) in [5.41, 5.74) is 4.27. The van der Waals surface area contributed by atoms with Crippen LogP contribution >= 0.6 is 0 Å². The number of alkyl halides is 3. The Kier molecular flexibility index (Phi) is 5.49. The van der Waals surface area contributed by atoms with Gasteiger partial charge in [-0.25, -0.2) is 0 Å². The van der Waals surface area contributed by atoms with Crippen LogP contribution < -0.4 is 16.4 Å². The van der Waals surface area contributed by atoms with Crippen molar-refractivity contribution in [3.05, 3.63) is 0 Å². The molecule has 27 heavy (non-hydrogen) atoms. The fraction of sp³-hybridized carbons (Fsp3) is 0.824. The van der Waals surface area contributed by atoms with Gasteiger partial charge in [0.25, 0.3) is 0 Å². The normalized spacial score (nSPS) is 34.3. The zero-order valence-corrected chi connectivity index (χ0v) is 14.8. The Morgan fingerprint density at radius 2 is 2.04 bits per heavy atom. The molecule has 1 saturated carbocycles. The Morgan fingerprint density at radius 1 is 1.30 bits per heavy atom. The van der Waals surface area contributed by atoms with Crippen LogP contribution in [0.5, 0.6) is 0 Å². The number of nitrogens with two attached hydrogens (primary N) is 1. The Hall–Kier alpha value is -1.68. The van der Waals surface area contributed by atoms with Crippen molar-refractivity contribution in [2.45, 2.75) is 44.0 Å². The van der Waals surface area contributed by atoms with Gasteiger partial charge >= 0.3 is 6.36 Å². The lowest BCUT2D eigenvalue weighted by atomic mass is 9.67. The highest BCUT2D eigenvalue weighted by Gasteiger charge is 2.60. The van der Waals surface area contributed by atoms with Gasteiger partial charge in [-0.3, -0.25) is 19.1 Å². The zero-order valence-electron chi connectivity index (χ0n) is 14.8. The molecule has 4 N–H and O–H groups in total. The van der Waals surface area contributed by atoms with E-state index in [2.05, 4.69) is 15.4 Å². The van der Waals surface area contributed by atoms with Crippen molar-refractivity contribution >= 4 is 17.6 Å². The molecule has 2 aliphatic heterocycles. The average Bonchev–Trinajstić information content (AvgIpc) is 3.27. The molecule has 0 aromatic carbocycles. The summed E-state index contributed by atoms with van der Waals surface area (Å²) < 4.78 is 41.1. The molecule has 10 heteroatoms. The Bertz CT molecular complexity index is 627. The van der Waals surface area contributed by atoms with Gasteiger partial charge in [0, 0.05) is 18.4 Å². The molecule has 2 saturated heterocycles. The van der Waals surface area contributed by atoms with Crippen molar-refractivity contribution < 1.29 is 32.3 Å². The number of carbonyl (C=O) groups is 3. The smallest absolute Gasteiger partial charge is 0.368 e. The van der Waals surface area contributed by atoms with Gasteiger partial charge in [-0.15, -0.1) is 13.2 Å². The number of fused-ring (bicyclic) bond motifs is 1. The number of rotatable bonds is 7. The number of ketones is 1. The molecule has 2 heterocycles. The van der Waals surface area contributed by atoms with Crippen molar-refractivity contribution in [1.29, 1.82) is 0 Å². The number of halogens is 3. The van der Waals surface area contributed by atoms with Crippen LogP contribution in [0.1, 0.15) is 32.1 Å². The average molecular weight is 391 g/mol. The predicted octanol–water partition coefficient (Wildman–Crippen LogP) is 0.478. The largest absolute Gasteiger partial charge is 0.522 e. The minimum absolute atomic E-state index is 0.0228. The summed E-state index contributed by atoms with van der Waals surface area (Å²) in [5.74, 6) is -3.62. The van der Waals surface area contributed by atoms with Gasteiger partial charge in [-0.2, -0.15) is 0 Å². The lowest BCUT2D eigenvalue weighted by Gasteiger charge is -2.39. The fourth-order valence-electron chi connectivity index (χ4n) is 5.11. The zero-order chi connectivity index (χ0) is 19.8. The molecule has 3 unspecified atom stereocenters. The van der Waals surface area contributed by atoms with Gasteiger partial charge in [-0.05, 0) is 44.1 Å². The van der Waals surface area contributed by atoms with E-state index in [9.17, 15) is 27.6 Å². The minimum Gasteiger partial charge on any atom is -0.368 e. The summed E-state index contributed by atoms with van der Waals surface area (Å²) in [7, 11) is 0. The number of nitrogens with one attached hydrogen (secondary N) is 2. The number of primary amides is 1. The highest BCUT2D eigenvalue weighted by Crippen LogP contribution is 2.48. The van der Waals surface area contributed by atoms with Crippen LogP contribution in [-0.4, -0.2) is 49.2 Å². The number of Topliss-reactive ketones (excluding diaryl/α,β-unsaturated/α-hetero) is 1. The second-order valence-electron chi connectivity index (χ2n) is 7.68. The topological polar surface area (TPSA) is 111 Å². The quantitative estimate of drug-likeness (QED) is 0.585. The molecule has 0 spiro atoms. The number of carbonyl (C=O) groups excluding carboxylic acids is 3. The van der Waals surface area contributed by atoms with Crippen LogP contribution in [0.15, 0.2) is 0 Å². The third-order valence-electron chi connectivity index (χ3n) is 6.31. The van der Waals surface area contributed by atoms with Gasteiger partial charge in [0.2, 0.25) is 11.8 Å². The first-order valence-electron chi connectivity index (χ1n) is 9.21. The van der Waals surface area contributed by atoms with Gasteiger partial charge in [0.15, 0.2) is 5.78 Å². The third kappa shape index (κ3) is 3.82. The van der Waals surface area contributed by atoms with Crippen molar-refractivity contribution in [3.8, 4) is 0 Å². The lowest BCUT2D eigenvalue weighted by molar-refractivity contribution is -0.321. The summed E-state index contributed by atoms with van der Waals surface area (Å²) in [6.07, 6.45) is -2.10. The Morgan fingerprint density at radius 3 is 2.63 bits per heavy atom. The number of ether oxygens (including phenoxy) is 1.